The fraction of sp³-hybridized carbons (Fsp3) is 0.556. The van der Waals surface area contributed by atoms with Gasteiger partial charge in [0.25, 0.3) is 5.56 Å². The molecule has 0 radical (unpaired) electrons. The molecule has 0 saturated carbocycles. The molecule has 0 aromatic carbocycles. The summed E-state index contributed by atoms with van der Waals surface area (Å²) in [6, 6.07) is 0.923. The molecule has 2 heterocycles. The molecule has 19 heavy (non-hydrogen) atoms. The highest BCUT2D eigenvalue weighted by Crippen LogP contribution is 2.41. The van der Waals surface area contributed by atoms with Crippen LogP contribution in [0.5, 0.6) is 0 Å². The molecule has 4 N–H and O–H groups in total. The van der Waals surface area contributed by atoms with E-state index in [2.05, 4.69) is 5.16 Å². The van der Waals surface area contributed by atoms with Crippen LogP contribution in [0.1, 0.15) is 6.23 Å². The van der Waals surface area contributed by atoms with Gasteiger partial charge in [-0.05, 0) is 0 Å². The Morgan fingerprint density at radius 3 is 2.79 bits per heavy atom. The number of aromatic nitrogens is 2. The van der Waals surface area contributed by atoms with E-state index in [9.17, 15) is 18.7 Å². The van der Waals surface area contributed by atoms with Crippen LogP contribution in [0.3, 0.4) is 0 Å². The number of aliphatic hydroxyl groups excluding tert-OH is 2. The summed E-state index contributed by atoms with van der Waals surface area (Å²) < 4.78 is 33.1. The van der Waals surface area contributed by atoms with Crippen LogP contribution in [0.25, 0.3) is 0 Å². The lowest BCUT2D eigenvalue weighted by Crippen LogP contribution is -2.43. The zero-order valence-electron chi connectivity index (χ0n) is 9.40. The van der Waals surface area contributed by atoms with Crippen LogP contribution in [0, 0.1) is 0 Å². The SMILES string of the molecule is O=c1ccn([C@@H]2O[C@H](CO)[C@@H](O)C2(F)F)/c(=N/O)[nH]1. The monoisotopic (exact) mass is 279 g/mol. The molecule has 10 heteroatoms. The average Bonchev–Trinajstić information content (AvgIpc) is 2.61. The lowest BCUT2D eigenvalue weighted by molar-refractivity contribution is -0.141. The second kappa shape index (κ2) is 4.72. The second-order valence-electron chi connectivity index (χ2n) is 3.96. The molecule has 8 nitrogen and oxygen atoms in total. The number of ether oxygens (including phenoxy) is 1. The van der Waals surface area contributed by atoms with E-state index in [1.165, 1.54) is 0 Å². The number of hydrogen-bond donors (Lipinski definition) is 4. The number of aromatic amines is 1. The van der Waals surface area contributed by atoms with Crippen molar-refractivity contribution in [1.82, 2.24) is 9.55 Å². The average molecular weight is 279 g/mol. The first kappa shape index (κ1) is 13.6. The Labute approximate surface area is 104 Å². The summed E-state index contributed by atoms with van der Waals surface area (Å²) >= 11 is 0. The normalized spacial score (nSPS) is 30.7. The zero-order valence-corrected chi connectivity index (χ0v) is 9.40. The molecule has 0 unspecified atom stereocenters. The fourth-order valence-corrected chi connectivity index (χ4v) is 1.82. The second-order valence-corrected chi connectivity index (χ2v) is 3.96. The summed E-state index contributed by atoms with van der Waals surface area (Å²) in [5.74, 6) is -3.73. The smallest absolute Gasteiger partial charge is 0.320 e. The topological polar surface area (TPSA) is 120 Å². The molecule has 0 amide bonds. The summed E-state index contributed by atoms with van der Waals surface area (Å²) in [5, 5.41) is 29.6. The van der Waals surface area contributed by atoms with Crippen LogP contribution in [-0.2, 0) is 4.74 Å². The molecule has 106 valence electrons. The first-order chi connectivity index (χ1) is 8.91. The van der Waals surface area contributed by atoms with Gasteiger partial charge in [-0.15, -0.1) is 0 Å². The van der Waals surface area contributed by atoms with E-state index in [0.29, 0.717) is 4.57 Å². The summed E-state index contributed by atoms with van der Waals surface area (Å²) in [6.45, 7) is -0.803. The van der Waals surface area contributed by atoms with Crippen molar-refractivity contribution in [3.8, 4) is 0 Å². The van der Waals surface area contributed by atoms with Crippen molar-refractivity contribution in [2.45, 2.75) is 24.4 Å². The Morgan fingerprint density at radius 2 is 2.26 bits per heavy atom. The van der Waals surface area contributed by atoms with Gasteiger partial charge in [0.15, 0.2) is 6.10 Å². The van der Waals surface area contributed by atoms with E-state index >= 15 is 0 Å². The standard InChI is InChI=1S/C9H11F2N3O5/c10-9(11)6(17)4(3-15)19-7(9)14-2-1-5(16)12-8(14)13-18/h1-2,4,6-7,15,17-18H,3H2,(H,12,13,16)/t4-,6-,7-/m1/s1. The Kier molecular flexibility index (Phi) is 3.39. The lowest BCUT2D eigenvalue weighted by atomic mass is 10.1. The van der Waals surface area contributed by atoms with E-state index in [0.717, 1.165) is 12.3 Å². The highest BCUT2D eigenvalue weighted by atomic mass is 19.3. The molecule has 0 aliphatic carbocycles. The molecule has 1 aliphatic rings. The van der Waals surface area contributed by atoms with Crippen molar-refractivity contribution in [2.24, 2.45) is 5.16 Å². The fourth-order valence-electron chi connectivity index (χ4n) is 1.82. The van der Waals surface area contributed by atoms with Crippen LogP contribution in [0.2, 0.25) is 0 Å². The van der Waals surface area contributed by atoms with E-state index in [-0.39, 0.29) is 0 Å². The molecule has 1 saturated heterocycles. The lowest BCUT2D eigenvalue weighted by Gasteiger charge is -2.21. The van der Waals surface area contributed by atoms with Gasteiger partial charge in [0.2, 0.25) is 11.8 Å². The first-order valence-corrected chi connectivity index (χ1v) is 5.23. The van der Waals surface area contributed by atoms with Gasteiger partial charge in [-0.2, -0.15) is 8.78 Å². The maximum absolute atomic E-state index is 13.8. The number of halogens is 2. The van der Waals surface area contributed by atoms with E-state index in [1.807, 2.05) is 4.98 Å². The number of alkyl halides is 2. The quantitative estimate of drug-likeness (QED) is 0.382. The van der Waals surface area contributed by atoms with Gasteiger partial charge in [0.05, 0.1) is 6.61 Å². The van der Waals surface area contributed by atoms with Crippen LogP contribution in [-0.4, -0.2) is 49.7 Å². The minimum absolute atomic E-state index is 0.567. The molecular formula is C9H11F2N3O5. The third-order valence-corrected chi connectivity index (χ3v) is 2.77. The molecule has 1 fully saturated rings. The summed E-state index contributed by atoms with van der Waals surface area (Å²) in [6.07, 6.45) is -4.78. The van der Waals surface area contributed by atoms with Gasteiger partial charge in [0.1, 0.15) is 6.10 Å². The molecule has 1 aromatic rings. The van der Waals surface area contributed by atoms with E-state index in [4.69, 9.17) is 15.1 Å². The van der Waals surface area contributed by atoms with Crippen molar-refractivity contribution < 1.29 is 28.9 Å². The number of hydrogen-bond acceptors (Lipinski definition) is 6. The molecular weight excluding hydrogens is 268 g/mol. The van der Waals surface area contributed by atoms with Gasteiger partial charge in [0, 0.05) is 12.3 Å². The molecule has 3 atom stereocenters. The molecule has 0 bridgehead atoms. The number of rotatable bonds is 2. The van der Waals surface area contributed by atoms with Crippen LogP contribution in [0.4, 0.5) is 8.78 Å². The van der Waals surface area contributed by atoms with Crippen LogP contribution >= 0.6 is 0 Å². The Hall–Kier alpha value is -1.78. The number of H-pyrrole nitrogens is 1. The number of aliphatic hydroxyl groups is 2. The van der Waals surface area contributed by atoms with Gasteiger partial charge in [-0.1, -0.05) is 5.16 Å². The molecule has 2 rings (SSSR count). The molecule has 0 spiro atoms. The minimum atomic E-state index is -3.73. The van der Waals surface area contributed by atoms with Crippen molar-refractivity contribution >= 4 is 0 Å². The largest absolute Gasteiger partial charge is 0.408 e. The summed E-state index contributed by atoms with van der Waals surface area (Å²) in [7, 11) is 0. The third-order valence-electron chi connectivity index (χ3n) is 2.77. The zero-order chi connectivity index (χ0) is 14.2. The predicted octanol–water partition coefficient (Wildman–Crippen LogP) is -1.65. The van der Waals surface area contributed by atoms with Crippen molar-refractivity contribution in [3.05, 3.63) is 28.2 Å². The van der Waals surface area contributed by atoms with Crippen molar-refractivity contribution in [3.63, 3.8) is 0 Å². The van der Waals surface area contributed by atoms with E-state index in [1.54, 1.807) is 0 Å². The predicted molar refractivity (Wildman–Crippen MR) is 54.4 cm³/mol. The highest BCUT2D eigenvalue weighted by molar-refractivity contribution is 4.97. The Balaban J connectivity index is 2.51. The molecule has 1 aliphatic heterocycles. The van der Waals surface area contributed by atoms with Gasteiger partial charge >= 0.3 is 5.92 Å². The Morgan fingerprint density at radius 1 is 1.58 bits per heavy atom. The van der Waals surface area contributed by atoms with Crippen LogP contribution < -0.4 is 11.2 Å². The summed E-state index contributed by atoms with van der Waals surface area (Å²) in [5.41, 5.74) is -1.23. The Bertz CT molecular complexity index is 584. The minimum Gasteiger partial charge on any atom is -0.408 e. The number of nitrogens with one attached hydrogen (secondary N) is 1. The van der Waals surface area contributed by atoms with Gasteiger partial charge in [-0.25, -0.2) is 0 Å². The maximum atomic E-state index is 13.8. The highest BCUT2D eigenvalue weighted by Gasteiger charge is 2.59. The third kappa shape index (κ3) is 2.13. The van der Waals surface area contributed by atoms with Crippen LogP contribution in [0.15, 0.2) is 22.2 Å². The van der Waals surface area contributed by atoms with Crippen molar-refractivity contribution in [2.75, 3.05) is 6.61 Å². The van der Waals surface area contributed by atoms with E-state index < -0.39 is 42.1 Å². The van der Waals surface area contributed by atoms with Crippen molar-refractivity contribution in [1.29, 1.82) is 0 Å². The van der Waals surface area contributed by atoms with Gasteiger partial charge in [-0.3, -0.25) is 14.3 Å². The summed E-state index contributed by atoms with van der Waals surface area (Å²) in [4.78, 5) is 13.0. The molecule has 1 aromatic heterocycles. The maximum Gasteiger partial charge on any atom is 0.320 e. The first-order valence-electron chi connectivity index (χ1n) is 5.23. The van der Waals surface area contributed by atoms with Gasteiger partial charge < -0.3 is 20.2 Å². The number of nitrogens with zero attached hydrogens (tertiary/aromatic N) is 2.